The molecule has 0 saturated carbocycles. The highest BCUT2D eigenvalue weighted by molar-refractivity contribution is 7.13. The van der Waals surface area contributed by atoms with Gasteiger partial charge in [-0.3, -0.25) is 0 Å². The number of nitrogens with zero attached hydrogens (tertiary/aromatic N) is 1. The summed E-state index contributed by atoms with van der Waals surface area (Å²) >= 11 is 1.41. The van der Waals surface area contributed by atoms with Gasteiger partial charge >= 0.3 is 5.97 Å². The number of ether oxygens (including phenoxy) is 2. The SMILES string of the molecule is COC(=O)c1ccc(COc2cccc(-c3csc(N)n3)c2)cc1. The smallest absolute Gasteiger partial charge is 0.337 e. The van der Waals surface area contributed by atoms with E-state index in [0.29, 0.717) is 17.3 Å². The first-order chi connectivity index (χ1) is 11.7. The van der Waals surface area contributed by atoms with E-state index in [1.165, 1.54) is 18.4 Å². The van der Waals surface area contributed by atoms with Crippen LogP contribution in [0.4, 0.5) is 5.13 Å². The Hall–Kier alpha value is -2.86. The minimum atomic E-state index is -0.349. The summed E-state index contributed by atoms with van der Waals surface area (Å²) in [5.74, 6) is 0.397. The summed E-state index contributed by atoms with van der Waals surface area (Å²) in [7, 11) is 1.36. The standard InChI is InChI=1S/C18H16N2O3S/c1-22-17(21)13-7-5-12(6-8-13)10-23-15-4-2-3-14(9-15)16-11-24-18(19)20-16/h2-9,11H,10H2,1H3,(H2,19,20). The number of hydrogen-bond acceptors (Lipinski definition) is 6. The van der Waals surface area contributed by atoms with Gasteiger partial charge in [0.1, 0.15) is 12.4 Å². The zero-order valence-corrected chi connectivity index (χ0v) is 13.9. The third-order valence-electron chi connectivity index (χ3n) is 3.43. The largest absolute Gasteiger partial charge is 0.489 e. The van der Waals surface area contributed by atoms with Crippen molar-refractivity contribution in [1.29, 1.82) is 0 Å². The molecule has 0 aliphatic rings. The summed E-state index contributed by atoms with van der Waals surface area (Å²) in [4.78, 5) is 15.7. The third-order valence-corrected chi connectivity index (χ3v) is 4.11. The van der Waals surface area contributed by atoms with Gasteiger partial charge < -0.3 is 15.2 Å². The first-order valence-corrected chi connectivity index (χ1v) is 8.15. The molecule has 0 aliphatic carbocycles. The van der Waals surface area contributed by atoms with Gasteiger partial charge in [0.2, 0.25) is 0 Å². The van der Waals surface area contributed by atoms with Gasteiger partial charge in [-0.05, 0) is 29.8 Å². The second-order valence-corrected chi connectivity index (χ2v) is 5.97. The van der Waals surface area contributed by atoms with Crippen LogP contribution in [0.15, 0.2) is 53.9 Å². The highest BCUT2D eigenvalue weighted by Gasteiger charge is 2.06. The second-order valence-electron chi connectivity index (χ2n) is 5.08. The fraction of sp³-hybridized carbons (Fsp3) is 0.111. The number of aromatic nitrogens is 1. The van der Waals surface area contributed by atoms with Crippen LogP contribution in [-0.4, -0.2) is 18.1 Å². The third kappa shape index (κ3) is 3.72. The molecule has 1 aromatic heterocycles. The van der Waals surface area contributed by atoms with E-state index in [4.69, 9.17) is 10.5 Å². The number of nitrogens with two attached hydrogens (primary N) is 1. The van der Waals surface area contributed by atoms with E-state index < -0.39 is 0 Å². The van der Waals surface area contributed by atoms with Crippen LogP contribution in [-0.2, 0) is 11.3 Å². The van der Waals surface area contributed by atoms with Crippen molar-refractivity contribution < 1.29 is 14.3 Å². The number of esters is 1. The Balaban J connectivity index is 1.67. The first-order valence-electron chi connectivity index (χ1n) is 7.27. The van der Waals surface area contributed by atoms with Gasteiger partial charge in [-0.15, -0.1) is 11.3 Å². The maximum Gasteiger partial charge on any atom is 0.337 e. The highest BCUT2D eigenvalue weighted by atomic mass is 32.1. The lowest BCUT2D eigenvalue weighted by molar-refractivity contribution is 0.0600. The van der Waals surface area contributed by atoms with Crippen LogP contribution in [0.3, 0.4) is 0 Å². The summed E-state index contributed by atoms with van der Waals surface area (Å²) in [6, 6.07) is 14.8. The van der Waals surface area contributed by atoms with E-state index >= 15 is 0 Å². The van der Waals surface area contributed by atoms with Crippen LogP contribution in [0.2, 0.25) is 0 Å². The summed E-state index contributed by atoms with van der Waals surface area (Å²) in [6.07, 6.45) is 0. The normalized spacial score (nSPS) is 10.4. The zero-order valence-electron chi connectivity index (χ0n) is 13.1. The van der Waals surface area contributed by atoms with Crippen LogP contribution in [0, 0.1) is 0 Å². The molecule has 0 radical (unpaired) electrons. The van der Waals surface area contributed by atoms with Gasteiger partial charge in [-0.2, -0.15) is 0 Å². The van der Waals surface area contributed by atoms with Crippen molar-refractivity contribution in [3.05, 3.63) is 65.0 Å². The van der Waals surface area contributed by atoms with E-state index in [1.807, 2.05) is 41.8 Å². The number of anilines is 1. The minimum absolute atomic E-state index is 0.349. The molecule has 0 spiro atoms. The topological polar surface area (TPSA) is 74.4 Å². The second kappa shape index (κ2) is 7.14. The Kier molecular flexibility index (Phi) is 4.77. The maximum absolute atomic E-state index is 11.4. The lowest BCUT2D eigenvalue weighted by Gasteiger charge is -2.08. The summed E-state index contributed by atoms with van der Waals surface area (Å²) in [6.45, 7) is 0.407. The Morgan fingerprint density at radius 2 is 2.00 bits per heavy atom. The molecule has 122 valence electrons. The number of benzene rings is 2. The fourth-order valence-electron chi connectivity index (χ4n) is 2.19. The number of rotatable bonds is 5. The van der Waals surface area contributed by atoms with Crippen LogP contribution in [0.1, 0.15) is 15.9 Å². The summed E-state index contributed by atoms with van der Waals surface area (Å²) < 4.78 is 10.5. The van der Waals surface area contributed by atoms with E-state index in [9.17, 15) is 4.79 Å². The number of methoxy groups -OCH3 is 1. The molecule has 2 N–H and O–H groups in total. The zero-order chi connectivity index (χ0) is 16.9. The van der Waals surface area contributed by atoms with Crippen LogP contribution in [0.5, 0.6) is 5.75 Å². The lowest BCUT2D eigenvalue weighted by atomic mass is 10.1. The molecular weight excluding hydrogens is 324 g/mol. The molecule has 24 heavy (non-hydrogen) atoms. The average Bonchev–Trinajstić information content (AvgIpc) is 3.06. The molecule has 6 heteroatoms. The molecule has 0 bridgehead atoms. The Morgan fingerprint density at radius 3 is 2.67 bits per heavy atom. The van der Waals surface area contributed by atoms with Crippen molar-refractivity contribution >= 4 is 22.4 Å². The molecule has 0 saturated heterocycles. The van der Waals surface area contributed by atoms with E-state index in [2.05, 4.69) is 9.72 Å². The quantitative estimate of drug-likeness (QED) is 0.716. The molecule has 3 rings (SSSR count). The number of nitrogen functional groups attached to an aromatic ring is 1. The molecule has 0 amide bonds. The summed E-state index contributed by atoms with van der Waals surface area (Å²) in [5, 5.41) is 2.46. The monoisotopic (exact) mass is 340 g/mol. The minimum Gasteiger partial charge on any atom is -0.489 e. The Labute approximate surface area is 143 Å². The Bertz CT molecular complexity index is 843. The van der Waals surface area contributed by atoms with Gasteiger partial charge in [-0.25, -0.2) is 9.78 Å². The van der Waals surface area contributed by atoms with Crippen LogP contribution >= 0.6 is 11.3 Å². The molecule has 3 aromatic rings. The fourth-order valence-corrected chi connectivity index (χ4v) is 2.76. The number of carbonyl (C=O) groups is 1. The molecule has 0 unspecified atom stereocenters. The van der Waals surface area contributed by atoms with Crippen molar-refractivity contribution in [2.75, 3.05) is 12.8 Å². The van der Waals surface area contributed by atoms with Crippen molar-refractivity contribution in [3.8, 4) is 17.0 Å². The molecule has 0 fully saturated rings. The van der Waals surface area contributed by atoms with Crippen molar-refractivity contribution in [1.82, 2.24) is 4.98 Å². The van der Waals surface area contributed by atoms with Crippen molar-refractivity contribution in [2.45, 2.75) is 6.61 Å². The van der Waals surface area contributed by atoms with Crippen LogP contribution < -0.4 is 10.5 Å². The number of hydrogen-bond donors (Lipinski definition) is 1. The van der Waals surface area contributed by atoms with E-state index in [-0.39, 0.29) is 5.97 Å². The lowest BCUT2D eigenvalue weighted by Crippen LogP contribution is -2.02. The van der Waals surface area contributed by atoms with Crippen molar-refractivity contribution in [2.24, 2.45) is 0 Å². The predicted octanol–water partition coefficient (Wildman–Crippen LogP) is 3.76. The number of carbonyl (C=O) groups excluding carboxylic acids is 1. The van der Waals surface area contributed by atoms with Gasteiger partial charge in [0, 0.05) is 10.9 Å². The average molecular weight is 340 g/mol. The predicted molar refractivity (Wildman–Crippen MR) is 94.1 cm³/mol. The molecular formula is C18H16N2O3S. The molecule has 1 heterocycles. The molecule has 0 aliphatic heterocycles. The number of thiazole rings is 1. The molecule has 5 nitrogen and oxygen atoms in total. The molecule has 0 atom stereocenters. The highest BCUT2D eigenvalue weighted by Crippen LogP contribution is 2.26. The van der Waals surface area contributed by atoms with Crippen LogP contribution in [0.25, 0.3) is 11.3 Å². The van der Waals surface area contributed by atoms with Gasteiger partial charge in [-0.1, -0.05) is 24.3 Å². The van der Waals surface area contributed by atoms with Crippen molar-refractivity contribution in [3.63, 3.8) is 0 Å². The van der Waals surface area contributed by atoms with Gasteiger partial charge in [0.25, 0.3) is 0 Å². The molecule has 2 aromatic carbocycles. The van der Waals surface area contributed by atoms with Gasteiger partial charge in [0.05, 0.1) is 18.4 Å². The Morgan fingerprint density at radius 1 is 1.21 bits per heavy atom. The first kappa shape index (κ1) is 16.0. The van der Waals surface area contributed by atoms with E-state index in [0.717, 1.165) is 22.6 Å². The summed E-state index contributed by atoms with van der Waals surface area (Å²) in [5.41, 5.74) is 8.96. The maximum atomic E-state index is 11.4. The van der Waals surface area contributed by atoms with Gasteiger partial charge in [0.15, 0.2) is 5.13 Å². The van der Waals surface area contributed by atoms with E-state index in [1.54, 1.807) is 12.1 Å².